The zero-order valence-electron chi connectivity index (χ0n) is 16.3. The topological polar surface area (TPSA) is 85.4 Å². The van der Waals surface area contributed by atoms with E-state index in [2.05, 4.69) is 15.6 Å². The van der Waals surface area contributed by atoms with Crippen LogP contribution >= 0.6 is 0 Å². The molecule has 152 valence electrons. The highest BCUT2D eigenvalue weighted by Gasteiger charge is 2.48. The van der Waals surface area contributed by atoms with Gasteiger partial charge in [-0.25, -0.2) is 9.97 Å². The van der Waals surface area contributed by atoms with Gasteiger partial charge in [0.25, 0.3) is 5.91 Å². The van der Waals surface area contributed by atoms with Crippen LogP contribution in [-0.2, 0) is 9.47 Å². The molecular weight excluding hydrogens is 368 g/mol. The largest absolute Gasteiger partial charge is 0.371 e. The summed E-state index contributed by atoms with van der Waals surface area (Å²) in [5.41, 5.74) is 1.76. The Morgan fingerprint density at radius 3 is 2.48 bits per heavy atom. The SMILES string of the molecule is O=C(N[C@@H]1CO[C@@H]2[C@@H]1OC[C@@H]2Nc1nccc(C2CCCC2)n1)c1ccccc1. The summed E-state index contributed by atoms with van der Waals surface area (Å²) in [6.07, 6.45) is 6.50. The summed E-state index contributed by atoms with van der Waals surface area (Å²) < 4.78 is 12.0. The average molecular weight is 394 g/mol. The van der Waals surface area contributed by atoms with Gasteiger partial charge in [0, 0.05) is 23.4 Å². The Balaban J connectivity index is 1.21. The Morgan fingerprint density at radius 2 is 1.69 bits per heavy atom. The molecule has 3 fully saturated rings. The van der Waals surface area contributed by atoms with E-state index in [0.717, 1.165) is 5.69 Å². The smallest absolute Gasteiger partial charge is 0.251 e. The maximum absolute atomic E-state index is 12.5. The zero-order valence-corrected chi connectivity index (χ0v) is 16.3. The summed E-state index contributed by atoms with van der Waals surface area (Å²) in [5, 5.41) is 6.45. The van der Waals surface area contributed by atoms with Gasteiger partial charge >= 0.3 is 0 Å². The van der Waals surface area contributed by atoms with E-state index in [1.807, 2.05) is 30.5 Å². The van der Waals surface area contributed by atoms with Crippen molar-refractivity contribution in [2.45, 2.75) is 55.9 Å². The number of nitrogens with one attached hydrogen (secondary N) is 2. The summed E-state index contributed by atoms with van der Waals surface area (Å²) in [6.45, 7) is 0.944. The van der Waals surface area contributed by atoms with Crippen LogP contribution in [0.2, 0.25) is 0 Å². The predicted octanol–water partition coefficient (Wildman–Crippen LogP) is 2.51. The molecule has 29 heavy (non-hydrogen) atoms. The van der Waals surface area contributed by atoms with Gasteiger partial charge in [-0.1, -0.05) is 31.0 Å². The quantitative estimate of drug-likeness (QED) is 0.811. The van der Waals surface area contributed by atoms with Gasteiger partial charge in [-0.05, 0) is 31.0 Å². The number of fused-ring (bicyclic) bond motifs is 1. The third-order valence-corrected chi connectivity index (χ3v) is 6.17. The van der Waals surface area contributed by atoms with Crippen LogP contribution in [0.15, 0.2) is 42.6 Å². The van der Waals surface area contributed by atoms with Gasteiger partial charge in [0.2, 0.25) is 5.95 Å². The lowest BCUT2D eigenvalue weighted by Gasteiger charge is -2.19. The van der Waals surface area contributed by atoms with Crippen molar-refractivity contribution in [3.8, 4) is 0 Å². The Morgan fingerprint density at radius 1 is 0.966 bits per heavy atom. The lowest BCUT2D eigenvalue weighted by Crippen LogP contribution is -2.44. The van der Waals surface area contributed by atoms with Crippen LogP contribution in [0, 0.1) is 0 Å². The summed E-state index contributed by atoms with van der Waals surface area (Å²) in [6, 6.07) is 11.0. The second-order valence-electron chi connectivity index (χ2n) is 8.08. The lowest BCUT2D eigenvalue weighted by molar-refractivity contribution is 0.0652. The maximum Gasteiger partial charge on any atom is 0.251 e. The normalized spacial score (nSPS) is 29.0. The van der Waals surface area contributed by atoms with Gasteiger partial charge in [-0.3, -0.25) is 4.79 Å². The molecule has 5 rings (SSSR count). The highest BCUT2D eigenvalue weighted by molar-refractivity contribution is 5.94. The molecule has 3 aliphatic rings. The maximum atomic E-state index is 12.5. The fourth-order valence-electron chi connectivity index (χ4n) is 4.64. The zero-order chi connectivity index (χ0) is 19.6. The Hall–Kier alpha value is -2.51. The predicted molar refractivity (Wildman–Crippen MR) is 108 cm³/mol. The molecule has 3 heterocycles. The highest BCUT2D eigenvalue weighted by atomic mass is 16.6. The lowest BCUT2D eigenvalue weighted by atomic mass is 10.0. The van der Waals surface area contributed by atoms with Gasteiger partial charge in [0.1, 0.15) is 12.2 Å². The van der Waals surface area contributed by atoms with Gasteiger partial charge < -0.3 is 20.1 Å². The van der Waals surface area contributed by atoms with Crippen molar-refractivity contribution >= 4 is 11.9 Å². The van der Waals surface area contributed by atoms with Crippen molar-refractivity contribution in [1.82, 2.24) is 15.3 Å². The minimum atomic E-state index is -0.168. The molecule has 1 saturated carbocycles. The van der Waals surface area contributed by atoms with E-state index in [-0.39, 0.29) is 30.2 Å². The van der Waals surface area contributed by atoms with E-state index in [4.69, 9.17) is 14.5 Å². The van der Waals surface area contributed by atoms with Gasteiger partial charge in [0.05, 0.1) is 25.3 Å². The molecule has 1 aliphatic carbocycles. The Labute approximate surface area is 170 Å². The molecule has 1 amide bonds. The number of carbonyl (C=O) groups excluding carboxylic acids is 1. The summed E-state index contributed by atoms with van der Waals surface area (Å²) >= 11 is 0. The van der Waals surface area contributed by atoms with Crippen molar-refractivity contribution in [2.75, 3.05) is 18.5 Å². The van der Waals surface area contributed by atoms with E-state index in [1.54, 1.807) is 12.1 Å². The van der Waals surface area contributed by atoms with Crippen molar-refractivity contribution in [2.24, 2.45) is 0 Å². The summed E-state index contributed by atoms with van der Waals surface area (Å²) in [5.74, 6) is 1.07. The van der Waals surface area contributed by atoms with Crippen molar-refractivity contribution in [1.29, 1.82) is 0 Å². The van der Waals surface area contributed by atoms with Crippen LogP contribution < -0.4 is 10.6 Å². The van der Waals surface area contributed by atoms with Crippen LogP contribution in [0.3, 0.4) is 0 Å². The minimum Gasteiger partial charge on any atom is -0.371 e. The summed E-state index contributed by atoms with van der Waals surface area (Å²) in [7, 11) is 0. The van der Waals surface area contributed by atoms with Crippen LogP contribution in [0.25, 0.3) is 0 Å². The number of rotatable bonds is 5. The standard InChI is InChI=1S/C22H26N4O3/c27-21(15-8-2-1-3-9-15)24-17-12-28-20-18(13-29-19(17)20)26-22-23-11-10-16(25-22)14-6-4-5-7-14/h1-3,8-11,14,17-20H,4-7,12-13H2,(H,24,27)(H,23,25,26)/t17-,18+,19-,20+/m1/s1. The first kappa shape index (κ1) is 18.5. The molecule has 0 bridgehead atoms. The highest BCUT2D eigenvalue weighted by Crippen LogP contribution is 2.33. The van der Waals surface area contributed by atoms with E-state index < -0.39 is 0 Å². The molecule has 0 radical (unpaired) electrons. The fraction of sp³-hybridized carbons (Fsp3) is 0.500. The average Bonchev–Trinajstić information content (AvgIpc) is 3.49. The number of ether oxygens (including phenoxy) is 2. The van der Waals surface area contributed by atoms with E-state index in [1.165, 1.54) is 25.7 Å². The second kappa shape index (κ2) is 8.08. The number of carbonyl (C=O) groups is 1. The molecule has 0 spiro atoms. The van der Waals surface area contributed by atoms with Gasteiger partial charge in [-0.2, -0.15) is 0 Å². The van der Waals surface area contributed by atoms with Gasteiger partial charge in [-0.15, -0.1) is 0 Å². The number of nitrogens with zero attached hydrogens (tertiary/aromatic N) is 2. The third-order valence-electron chi connectivity index (χ3n) is 6.17. The second-order valence-corrected chi connectivity index (χ2v) is 8.08. The fourth-order valence-corrected chi connectivity index (χ4v) is 4.64. The molecule has 1 aromatic carbocycles. The first-order valence-corrected chi connectivity index (χ1v) is 10.5. The molecule has 7 nitrogen and oxygen atoms in total. The molecule has 2 aromatic rings. The molecule has 7 heteroatoms. The molecule has 4 atom stereocenters. The number of hydrogen-bond donors (Lipinski definition) is 2. The molecular formula is C22H26N4O3. The van der Waals surface area contributed by atoms with E-state index in [0.29, 0.717) is 30.6 Å². The summed E-state index contributed by atoms with van der Waals surface area (Å²) in [4.78, 5) is 21.6. The van der Waals surface area contributed by atoms with Crippen molar-refractivity contribution in [3.05, 3.63) is 53.9 Å². The third kappa shape index (κ3) is 3.84. The Bertz CT molecular complexity index is 856. The first-order chi connectivity index (χ1) is 14.3. The van der Waals surface area contributed by atoms with Crippen molar-refractivity contribution in [3.63, 3.8) is 0 Å². The first-order valence-electron chi connectivity index (χ1n) is 10.5. The van der Waals surface area contributed by atoms with Crippen LogP contribution in [-0.4, -0.2) is 53.4 Å². The molecule has 1 aromatic heterocycles. The van der Waals surface area contributed by atoms with Crippen molar-refractivity contribution < 1.29 is 14.3 Å². The molecule has 2 N–H and O–H groups in total. The number of hydrogen-bond acceptors (Lipinski definition) is 6. The number of aromatic nitrogens is 2. The van der Waals surface area contributed by atoms with Crippen LogP contribution in [0.1, 0.15) is 47.7 Å². The minimum absolute atomic E-state index is 0.0301. The monoisotopic (exact) mass is 394 g/mol. The Kier molecular flexibility index (Phi) is 5.16. The van der Waals surface area contributed by atoms with Gasteiger partial charge in [0.15, 0.2) is 0 Å². The van der Waals surface area contributed by atoms with Crippen LogP contribution in [0.5, 0.6) is 0 Å². The van der Waals surface area contributed by atoms with E-state index in [9.17, 15) is 4.79 Å². The molecule has 2 saturated heterocycles. The van der Waals surface area contributed by atoms with E-state index >= 15 is 0 Å². The number of anilines is 1. The molecule has 2 aliphatic heterocycles. The number of amides is 1. The molecule has 0 unspecified atom stereocenters. The van der Waals surface area contributed by atoms with Crippen LogP contribution in [0.4, 0.5) is 5.95 Å². The number of benzene rings is 1.